The number of hydrogen-bond acceptors (Lipinski definition) is 4. The monoisotopic (exact) mass is 330 g/mol. The Balaban J connectivity index is 1.59. The van der Waals surface area contributed by atoms with Crippen LogP contribution in [0, 0.1) is 0 Å². The molecule has 0 spiro atoms. The van der Waals surface area contributed by atoms with Crippen molar-refractivity contribution in [1.82, 2.24) is 10.3 Å². The number of nitrogens with one attached hydrogen (secondary N) is 1. The summed E-state index contributed by atoms with van der Waals surface area (Å²) in [7, 11) is 0. The van der Waals surface area contributed by atoms with E-state index in [0.717, 1.165) is 18.7 Å². The lowest BCUT2D eigenvalue weighted by molar-refractivity contribution is 0.265. The van der Waals surface area contributed by atoms with Crippen molar-refractivity contribution < 1.29 is 5.11 Å². The van der Waals surface area contributed by atoms with Crippen LogP contribution in [0.1, 0.15) is 66.7 Å². The normalized spacial score (nSPS) is 17.3. The summed E-state index contributed by atoms with van der Waals surface area (Å²) in [5.41, 5.74) is 2.36. The van der Waals surface area contributed by atoms with Crippen molar-refractivity contribution in [2.24, 2.45) is 0 Å². The fraction of sp³-hybridized carbons (Fsp3) is 0.526. The van der Waals surface area contributed by atoms with Gasteiger partial charge in [-0.25, -0.2) is 4.98 Å². The second-order valence-corrected chi connectivity index (χ2v) is 7.26. The quantitative estimate of drug-likeness (QED) is 0.790. The van der Waals surface area contributed by atoms with Crippen molar-refractivity contribution in [1.29, 1.82) is 0 Å². The minimum atomic E-state index is 0.182. The van der Waals surface area contributed by atoms with Gasteiger partial charge in [-0.15, -0.1) is 11.3 Å². The van der Waals surface area contributed by atoms with Crippen LogP contribution in [-0.2, 0) is 6.54 Å². The van der Waals surface area contributed by atoms with Crippen LogP contribution in [0.5, 0.6) is 0 Å². The van der Waals surface area contributed by atoms with E-state index in [4.69, 9.17) is 4.98 Å². The van der Waals surface area contributed by atoms with Crippen molar-refractivity contribution in [3.05, 3.63) is 52.0 Å². The summed E-state index contributed by atoms with van der Waals surface area (Å²) in [6.07, 6.45) is 7.42. The smallest absolute Gasteiger partial charge is 0.0959 e. The number of aliphatic hydroxyl groups is 1. The van der Waals surface area contributed by atoms with Crippen LogP contribution >= 0.6 is 11.3 Å². The van der Waals surface area contributed by atoms with E-state index in [1.54, 1.807) is 0 Å². The standard InChI is InChI=1S/C19H26N2OS/c22-12-11-18(15-7-3-1-4-8-15)20-13-17-14-23-19(21-17)16-9-5-2-6-10-16/h1,3-4,7-8,14,16,18,20,22H,2,5-6,9-13H2. The fourth-order valence-corrected chi connectivity index (χ4v) is 4.36. The molecule has 0 radical (unpaired) electrons. The maximum atomic E-state index is 9.32. The Hall–Kier alpha value is -1.23. The molecule has 1 heterocycles. The minimum Gasteiger partial charge on any atom is -0.396 e. The van der Waals surface area contributed by atoms with Crippen molar-refractivity contribution in [3.8, 4) is 0 Å². The average Bonchev–Trinajstić information content (AvgIpc) is 3.09. The number of nitrogens with zero attached hydrogens (tertiary/aromatic N) is 1. The van der Waals surface area contributed by atoms with Crippen molar-refractivity contribution in [2.75, 3.05) is 6.61 Å². The summed E-state index contributed by atoms with van der Waals surface area (Å²) in [4.78, 5) is 4.85. The van der Waals surface area contributed by atoms with E-state index in [-0.39, 0.29) is 12.6 Å². The Morgan fingerprint density at radius 3 is 2.70 bits per heavy atom. The van der Waals surface area contributed by atoms with Crippen LogP contribution in [0.15, 0.2) is 35.7 Å². The molecule has 2 aromatic rings. The number of thiazole rings is 1. The maximum absolute atomic E-state index is 9.32. The van der Waals surface area contributed by atoms with E-state index in [0.29, 0.717) is 5.92 Å². The number of aromatic nitrogens is 1. The Bertz CT molecular complexity index is 578. The van der Waals surface area contributed by atoms with Gasteiger partial charge in [0.2, 0.25) is 0 Å². The molecule has 23 heavy (non-hydrogen) atoms. The molecule has 0 aliphatic heterocycles. The molecule has 1 aliphatic rings. The van der Waals surface area contributed by atoms with Gasteiger partial charge < -0.3 is 10.4 Å². The lowest BCUT2D eigenvalue weighted by atomic mass is 9.90. The van der Waals surface area contributed by atoms with Crippen molar-refractivity contribution in [3.63, 3.8) is 0 Å². The molecule has 2 N–H and O–H groups in total. The van der Waals surface area contributed by atoms with Gasteiger partial charge in [-0.05, 0) is 24.8 Å². The molecule has 0 bridgehead atoms. The molecule has 124 valence electrons. The van der Waals surface area contributed by atoms with Crippen molar-refractivity contribution >= 4 is 11.3 Å². The Morgan fingerprint density at radius 2 is 1.96 bits per heavy atom. The predicted molar refractivity (Wildman–Crippen MR) is 95.7 cm³/mol. The molecule has 3 rings (SSSR count). The Morgan fingerprint density at radius 1 is 1.17 bits per heavy atom. The van der Waals surface area contributed by atoms with Gasteiger partial charge in [-0.2, -0.15) is 0 Å². The molecule has 1 aromatic carbocycles. The van der Waals surface area contributed by atoms with Crippen LogP contribution in [0.2, 0.25) is 0 Å². The van der Waals surface area contributed by atoms with Crippen LogP contribution in [0.4, 0.5) is 0 Å². The Labute approximate surface area is 142 Å². The molecule has 0 amide bonds. The van der Waals surface area contributed by atoms with Crippen LogP contribution in [0.25, 0.3) is 0 Å². The maximum Gasteiger partial charge on any atom is 0.0959 e. The molecule has 3 nitrogen and oxygen atoms in total. The molecule has 4 heteroatoms. The third-order valence-corrected chi connectivity index (χ3v) is 5.73. The van der Waals surface area contributed by atoms with Crippen LogP contribution in [-0.4, -0.2) is 16.7 Å². The van der Waals surface area contributed by atoms with E-state index < -0.39 is 0 Å². The highest BCUT2D eigenvalue weighted by atomic mass is 32.1. The van der Waals surface area contributed by atoms with Gasteiger partial charge in [-0.1, -0.05) is 49.6 Å². The number of aliphatic hydroxyl groups excluding tert-OH is 1. The summed E-state index contributed by atoms with van der Waals surface area (Å²) in [5, 5.41) is 16.4. The van der Waals surface area contributed by atoms with Gasteiger partial charge >= 0.3 is 0 Å². The molecule has 0 saturated heterocycles. The van der Waals surface area contributed by atoms with Gasteiger partial charge in [-0.3, -0.25) is 0 Å². The molecule has 1 atom stereocenters. The molecular weight excluding hydrogens is 304 g/mol. The third-order valence-electron chi connectivity index (χ3n) is 4.67. The second-order valence-electron chi connectivity index (χ2n) is 6.37. The van der Waals surface area contributed by atoms with Crippen molar-refractivity contribution in [2.45, 2.75) is 57.0 Å². The largest absolute Gasteiger partial charge is 0.396 e. The molecule has 1 fully saturated rings. The first-order valence-corrected chi connectivity index (χ1v) is 9.58. The summed E-state index contributed by atoms with van der Waals surface area (Å²) in [6.45, 7) is 0.958. The zero-order valence-corrected chi connectivity index (χ0v) is 14.4. The lowest BCUT2D eigenvalue weighted by Gasteiger charge is -2.19. The van der Waals surface area contributed by atoms with E-state index in [2.05, 4.69) is 22.8 Å². The summed E-state index contributed by atoms with van der Waals surface area (Å²) >= 11 is 1.82. The zero-order valence-electron chi connectivity index (χ0n) is 13.6. The van der Waals surface area contributed by atoms with Gasteiger partial charge in [0.15, 0.2) is 0 Å². The number of hydrogen-bond donors (Lipinski definition) is 2. The van der Waals surface area contributed by atoms with Gasteiger partial charge in [0.05, 0.1) is 10.7 Å². The van der Waals surface area contributed by atoms with E-state index in [1.807, 2.05) is 29.5 Å². The van der Waals surface area contributed by atoms with E-state index in [1.165, 1.54) is 42.7 Å². The molecular formula is C19H26N2OS. The SMILES string of the molecule is OCCC(NCc1csc(C2CCCCC2)n1)c1ccccc1. The molecule has 1 aromatic heterocycles. The predicted octanol–water partition coefficient (Wildman–Crippen LogP) is 4.40. The topological polar surface area (TPSA) is 45.1 Å². The zero-order chi connectivity index (χ0) is 15.9. The first kappa shape index (κ1) is 16.6. The highest BCUT2D eigenvalue weighted by molar-refractivity contribution is 7.09. The number of rotatable bonds is 7. The van der Waals surface area contributed by atoms with Gasteiger partial charge in [0, 0.05) is 30.5 Å². The van der Waals surface area contributed by atoms with E-state index in [9.17, 15) is 5.11 Å². The summed E-state index contributed by atoms with van der Waals surface area (Å²) in [6, 6.07) is 10.5. The molecule has 1 saturated carbocycles. The Kier molecular flexibility index (Phi) is 6.20. The lowest BCUT2D eigenvalue weighted by Crippen LogP contribution is -2.22. The summed E-state index contributed by atoms with van der Waals surface area (Å²) < 4.78 is 0. The average molecular weight is 330 g/mol. The first-order chi connectivity index (χ1) is 11.4. The second kappa shape index (κ2) is 8.57. The highest BCUT2D eigenvalue weighted by Gasteiger charge is 2.19. The number of benzene rings is 1. The first-order valence-electron chi connectivity index (χ1n) is 8.70. The van der Waals surface area contributed by atoms with Crippen LogP contribution < -0.4 is 5.32 Å². The molecule has 1 unspecified atom stereocenters. The fourth-order valence-electron chi connectivity index (χ4n) is 3.37. The van der Waals surface area contributed by atoms with E-state index >= 15 is 0 Å². The van der Waals surface area contributed by atoms with Gasteiger partial charge in [0.1, 0.15) is 0 Å². The summed E-state index contributed by atoms with van der Waals surface area (Å²) in [5.74, 6) is 0.685. The molecule has 1 aliphatic carbocycles. The van der Waals surface area contributed by atoms with Gasteiger partial charge in [0.25, 0.3) is 0 Å². The minimum absolute atomic E-state index is 0.182. The highest BCUT2D eigenvalue weighted by Crippen LogP contribution is 2.34. The third kappa shape index (κ3) is 4.63. The van der Waals surface area contributed by atoms with Crippen LogP contribution in [0.3, 0.4) is 0 Å².